The van der Waals surface area contributed by atoms with Crippen LogP contribution in [0.25, 0.3) is 10.8 Å². The van der Waals surface area contributed by atoms with Crippen LogP contribution in [0.5, 0.6) is 0 Å². The van der Waals surface area contributed by atoms with Crippen molar-refractivity contribution in [3.63, 3.8) is 0 Å². The summed E-state index contributed by atoms with van der Waals surface area (Å²) in [4.78, 5) is 27.1. The predicted molar refractivity (Wildman–Crippen MR) is 115 cm³/mol. The van der Waals surface area contributed by atoms with Crippen LogP contribution in [0, 0.1) is 0 Å². The summed E-state index contributed by atoms with van der Waals surface area (Å²) in [7, 11) is 0. The molecule has 0 saturated heterocycles. The third kappa shape index (κ3) is 4.96. The van der Waals surface area contributed by atoms with Crippen LogP contribution < -0.4 is 11.1 Å². The number of rotatable bonds is 13. The maximum absolute atomic E-state index is 12.9. The van der Waals surface area contributed by atoms with Gasteiger partial charge in [0.1, 0.15) is 0 Å². The van der Waals surface area contributed by atoms with Crippen LogP contribution in [0.4, 0.5) is 5.69 Å². The summed E-state index contributed by atoms with van der Waals surface area (Å²) in [6.07, 6.45) is 0. The summed E-state index contributed by atoms with van der Waals surface area (Å²) >= 11 is 0. The zero-order valence-corrected chi connectivity index (χ0v) is 17.3. The first kappa shape index (κ1) is 22.2. The van der Waals surface area contributed by atoms with Gasteiger partial charge in [0.25, 0.3) is 11.8 Å². The first-order valence-electron chi connectivity index (χ1n) is 10.3. The number of benzene rings is 2. The monoisotopic (exact) mass is 415 g/mol. The Morgan fingerprint density at radius 2 is 1.63 bits per heavy atom. The van der Waals surface area contributed by atoms with E-state index in [-0.39, 0.29) is 18.4 Å². The number of hydrogen-bond acceptors (Lipinski definition) is 7. The molecule has 8 heteroatoms. The van der Waals surface area contributed by atoms with E-state index in [1.807, 2.05) is 25.1 Å². The van der Waals surface area contributed by atoms with Crippen molar-refractivity contribution in [2.75, 3.05) is 64.6 Å². The molecule has 162 valence electrons. The average Bonchev–Trinajstić information content (AvgIpc) is 2.76. The molecule has 0 radical (unpaired) electrons. The van der Waals surface area contributed by atoms with Gasteiger partial charge in [0.05, 0.1) is 39.6 Å². The number of amides is 2. The molecule has 2 aromatic carbocycles. The van der Waals surface area contributed by atoms with E-state index in [1.54, 1.807) is 12.1 Å². The van der Waals surface area contributed by atoms with E-state index >= 15 is 0 Å². The average molecular weight is 415 g/mol. The van der Waals surface area contributed by atoms with Crippen LogP contribution in [0.1, 0.15) is 27.6 Å². The number of nitrogens with one attached hydrogen (secondary N) is 1. The topological polar surface area (TPSA) is 103 Å². The Hall–Kier alpha value is -2.52. The standard InChI is InChI=1S/C22H29N3O5/c1-2-28-13-10-25-21(26)17-5-3-4-16-19(7-6-18(20(16)17)22(25)27)24-9-12-30-15-14-29-11-8-23/h3-7,24H,2,8-15,23H2,1H3. The van der Waals surface area contributed by atoms with E-state index in [0.717, 1.165) is 11.1 Å². The van der Waals surface area contributed by atoms with Gasteiger partial charge in [-0.15, -0.1) is 0 Å². The van der Waals surface area contributed by atoms with E-state index in [0.29, 0.717) is 69.2 Å². The molecule has 2 amide bonds. The number of hydrogen-bond donors (Lipinski definition) is 2. The summed E-state index contributed by atoms with van der Waals surface area (Å²) in [6.45, 7) is 6.16. The molecule has 2 aromatic rings. The number of ether oxygens (including phenoxy) is 3. The molecule has 1 aliphatic rings. The van der Waals surface area contributed by atoms with Gasteiger partial charge in [0, 0.05) is 47.3 Å². The zero-order chi connectivity index (χ0) is 21.3. The van der Waals surface area contributed by atoms with Gasteiger partial charge in [-0.3, -0.25) is 14.5 Å². The number of imide groups is 1. The summed E-state index contributed by atoms with van der Waals surface area (Å²) in [6, 6.07) is 9.18. The lowest BCUT2D eigenvalue weighted by molar-refractivity contribution is 0.0532. The van der Waals surface area contributed by atoms with Crippen molar-refractivity contribution in [1.82, 2.24) is 4.90 Å². The molecule has 1 aliphatic heterocycles. The molecule has 0 spiro atoms. The van der Waals surface area contributed by atoms with Crippen LogP contribution in [-0.4, -0.2) is 76.0 Å². The number of anilines is 1. The first-order valence-corrected chi connectivity index (χ1v) is 10.3. The van der Waals surface area contributed by atoms with Gasteiger partial charge in [-0.1, -0.05) is 12.1 Å². The van der Waals surface area contributed by atoms with Crippen molar-refractivity contribution in [2.45, 2.75) is 6.92 Å². The van der Waals surface area contributed by atoms with Crippen molar-refractivity contribution in [2.24, 2.45) is 5.73 Å². The zero-order valence-electron chi connectivity index (χ0n) is 17.3. The maximum Gasteiger partial charge on any atom is 0.261 e. The molecule has 0 aromatic heterocycles. The molecular weight excluding hydrogens is 386 g/mol. The summed E-state index contributed by atoms with van der Waals surface area (Å²) in [5.74, 6) is -0.563. The van der Waals surface area contributed by atoms with Gasteiger partial charge >= 0.3 is 0 Å². The molecule has 3 N–H and O–H groups in total. The van der Waals surface area contributed by atoms with Gasteiger partial charge in [0.2, 0.25) is 0 Å². The second-order valence-corrected chi connectivity index (χ2v) is 6.79. The van der Waals surface area contributed by atoms with Gasteiger partial charge < -0.3 is 25.3 Å². The van der Waals surface area contributed by atoms with E-state index in [1.165, 1.54) is 4.90 Å². The Morgan fingerprint density at radius 3 is 2.37 bits per heavy atom. The molecule has 0 bridgehead atoms. The van der Waals surface area contributed by atoms with Crippen molar-refractivity contribution in [1.29, 1.82) is 0 Å². The van der Waals surface area contributed by atoms with Crippen LogP contribution in [0.2, 0.25) is 0 Å². The van der Waals surface area contributed by atoms with Gasteiger partial charge in [-0.05, 0) is 25.1 Å². The fraction of sp³-hybridized carbons (Fsp3) is 0.455. The second kappa shape index (κ2) is 11.0. The molecule has 0 aliphatic carbocycles. The molecule has 1 heterocycles. The Labute approximate surface area is 176 Å². The van der Waals surface area contributed by atoms with Crippen molar-refractivity contribution in [3.8, 4) is 0 Å². The van der Waals surface area contributed by atoms with Crippen LogP contribution in [-0.2, 0) is 14.2 Å². The Balaban J connectivity index is 1.69. The molecule has 8 nitrogen and oxygen atoms in total. The number of carbonyl (C=O) groups excluding carboxylic acids is 2. The smallest absolute Gasteiger partial charge is 0.261 e. The molecule has 3 rings (SSSR count). The predicted octanol–water partition coefficient (Wildman–Crippen LogP) is 1.88. The highest BCUT2D eigenvalue weighted by molar-refractivity contribution is 6.26. The van der Waals surface area contributed by atoms with Gasteiger partial charge in [-0.25, -0.2) is 0 Å². The highest BCUT2D eigenvalue weighted by atomic mass is 16.5. The van der Waals surface area contributed by atoms with Gasteiger partial charge in [-0.2, -0.15) is 0 Å². The van der Waals surface area contributed by atoms with E-state index in [4.69, 9.17) is 19.9 Å². The Kier molecular flexibility index (Phi) is 8.15. The highest BCUT2D eigenvalue weighted by Crippen LogP contribution is 2.34. The SMILES string of the molecule is CCOCCN1C(=O)c2cccc3c(NCCOCCOCCN)ccc(c23)C1=O. The molecular formula is C22H29N3O5. The Bertz CT molecular complexity index is 864. The largest absolute Gasteiger partial charge is 0.382 e. The van der Waals surface area contributed by atoms with E-state index in [9.17, 15) is 9.59 Å². The van der Waals surface area contributed by atoms with Gasteiger partial charge in [0.15, 0.2) is 0 Å². The van der Waals surface area contributed by atoms with Crippen LogP contribution >= 0.6 is 0 Å². The molecule has 30 heavy (non-hydrogen) atoms. The van der Waals surface area contributed by atoms with Crippen molar-refractivity contribution >= 4 is 28.3 Å². The Morgan fingerprint density at radius 1 is 0.900 bits per heavy atom. The quantitative estimate of drug-likeness (QED) is 0.380. The maximum atomic E-state index is 12.9. The number of nitrogens with two attached hydrogens (primary N) is 1. The summed E-state index contributed by atoms with van der Waals surface area (Å²) in [5.41, 5.74) is 7.30. The van der Waals surface area contributed by atoms with E-state index in [2.05, 4.69) is 5.32 Å². The summed E-state index contributed by atoms with van der Waals surface area (Å²) < 4.78 is 16.1. The fourth-order valence-electron chi connectivity index (χ4n) is 3.47. The fourth-order valence-corrected chi connectivity index (χ4v) is 3.47. The molecule has 0 atom stereocenters. The lowest BCUT2D eigenvalue weighted by Crippen LogP contribution is -2.42. The second-order valence-electron chi connectivity index (χ2n) is 6.79. The number of carbonyl (C=O) groups is 2. The third-order valence-electron chi connectivity index (χ3n) is 4.85. The van der Waals surface area contributed by atoms with Crippen molar-refractivity contribution in [3.05, 3.63) is 41.5 Å². The minimum atomic E-state index is -0.282. The minimum Gasteiger partial charge on any atom is -0.382 e. The molecule has 0 unspecified atom stereocenters. The van der Waals surface area contributed by atoms with E-state index < -0.39 is 0 Å². The minimum absolute atomic E-state index is 0.244. The number of nitrogens with zero attached hydrogens (tertiary/aromatic N) is 1. The third-order valence-corrected chi connectivity index (χ3v) is 4.85. The lowest BCUT2D eigenvalue weighted by atomic mass is 9.93. The lowest BCUT2D eigenvalue weighted by Gasteiger charge is -2.27. The highest BCUT2D eigenvalue weighted by Gasteiger charge is 2.32. The first-order chi connectivity index (χ1) is 14.7. The van der Waals surface area contributed by atoms with Crippen molar-refractivity contribution < 1.29 is 23.8 Å². The normalized spacial score (nSPS) is 13.3. The summed E-state index contributed by atoms with van der Waals surface area (Å²) in [5, 5.41) is 4.88. The van der Waals surface area contributed by atoms with Crippen LogP contribution in [0.3, 0.4) is 0 Å². The molecule has 0 fully saturated rings. The molecule has 0 saturated carbocycles. The van der Waals surface area contributed by atoms with Crippen LogP contribution in [0.15, 0.2) is 30.3 Å².